The first-order valence-electron chi connectivity index (χ1n) is 11.1. The number of hydrogen-bond donors (Lipinski definition) is 1. The number of nitrogens with zero attached hydrogens (tertiary/aromatic N) is 4. The summed E-state index contributed by atoms with van der Waals surface area (Å²) in [7, 11) is 7.93. The van der Waals surface area contributed by atoms with Crippen LogP contribution in [0.15, 0.2) is 30.6 Å². The topological polar surface area (TPSA) is 70.8 Å². The minimum atomic E-state index is -0.331. The Hall–Kier alpha value is -2.03. The lowest BCUT2D eigenvalue weighted by Crippen LogP contribution is -2.18. The van der Waals surface area contributed by atoms with Gasteiger partial charge in [0.15, 0.2) is 0 Å². The van der Waals surface area contributed by atoms with Gasteiger partial charge in [0.05, 0.1) is 17.7 Å². The number of aromatic hydroxyl groups is 1. The predicted molar refractivity (Wildman–Crippen MR) is 148 cm³/mol. The maximum absolute atomic E-state index is 13.3. The maximum atomic E-state index is 13.3. The maximum Gasteiger partial charge on any atom is 0.340 e. The summed E-state index contributed by atoms with van der Waals surface area (Å²) in [6.45, 7) is 3.24. The Balaban J connectivity index is 0.00000204. The number of aromatic nitrogens is 2. The molecule has 1 fully saturated rings. The second-order valence-corrected chi connectivity index (χ2v) is 9.01. The normalized spacial score (nSPS) is 12.8. The summed E-state index contributed by atoms with van der Waals surface area (Å²) in [5.41, 5.74) is 4.83. The fourth-order valence-corrected chi connectivity index (χ4v) is 4.43. The zero-order chi connectivity index (χ0) is 23.0. The van der Waals surface area contributed by atoms with Gasteiger partial charge in [-0.1, -0.05) is 6.07 Å². The Kier molecular flexibility index (Phi) is 11.3. The third kappa shape index (κ3) is 6.22. The molecule has 1 aliphatic carbocycles. The van der Waals surface area contributed by atoms with Gasteiger partial charge in [-0.2, -0.15) is 0 Å². The molecule has 1 saturated carbocycles. The van der Waals surface area contributed by atoms with E-state index >= 15 is 0 Å². The van der Waals surface area contributed by atoms with E-state index in [0.717, 1.165) is 46.1 Å². The van der Waals surface area contributed by atoms with Crippen LogP contribution < -0.4 is 0 Å². The third-order valence-corrected chi connectivity index (χ3v) is 5.77. The molecule has 7 nitrogen and oxygen atoms in total. The van der Waals surface area contributed by atoms with E-state index in [-0.39, 0.29) is 48.9 Å². The number of pyridine rings is 1. The number of phenolic OH excluding ortho intramolecular Hbond substituents is 1. The minimum Gasteiger partial charge on any atom is -0.507 e. The van der Waals surface area contributed by atoms with E-state index < -0.39 is 0 Å². The summed E-state index contributed by atoms with van der Waals surface area (Å²) >= 11 is 0. The molecule has 0 spiro atoms. The highest BCUT2D eigenvalue weighted by Gasteiger charge is 2.35. The van der Waals surface area contributed by atoms with Crippen LogP contribution in [0.4, 0.5) is 0 Å². The number of carbonyl (C=O) groups is 1. The number of fused-ring (bicyclic) bond motifs is 1. The van der Waals surface area contributed by atoms with Gasteiger partial charge in [-0.15, -0.1) is 37.2 Å². The van der Waals surface area contributed by atoms with Crippen LogP contribution in [-0.4, -0.2) is 65.2 Å². The van der Waals surface area contributed by atoms with E-state index in [9.17, 15) is 9.90 Å². The van der Waals surface area contributed by atoms with E-state index in [2.05, 4.69) is 14.5 Å². The molecular formula is C25H35Cl3N4O3. The fraction of sp³-hybridized carbons (Fsp3) is 0.440. The molecule has 1 aromatic carbocycles. The van der Waals surface area contributed by atoms with Crippen LogP contribution >= 0.6 is 37.2 Å². The van der Waals surface area contributed by atoms with Crippen molar-refractivity contribution in [1.82, 2.24) is 19.4 Å². The second kappa shape index (κ2) is 12.8. The van der Waals surface area contributed by atoms with Gasteiger partial charge in [-0.3, -0.25) is 4.98 Å². The number of halogens is 3. The van der Waals surface area contributed by atoms with E-state index in [0.29, 0.717) is 31.3 Å². The van der Waals surface area contributed by atoms with Gasteiger partial charge in [-0.25, -0.2) is 4.79 Å². The van der Waals surface area contributed by atoms with Crippen LogP contribution in [0.2, 0.25) is 0 Å². The smallest absolute Gasteiger partial charge is 0.340 e. The van der Waals surface area contributed by atoms with Gasteiger partial charge < -0.3 is 24.2 Å². The molecule has 0 bridgehead atoms. The first kappa shape index (κ1) is 31.0. The molecule has 2 aromatic heterocycles. The van der Waals surface area contributed by atoms with Crippen molar-refractivity contribution in [2.24, 2.45) is 0 Å². The van der Waals surface area contributed by atoms with Gasteiger partial charge in [0.25, 0.3) is 0 Å². The van der Waals surface area contributed by atoms with E-state index in [1.165, 1.54) is 0 Å². The van der Waals surface area contributed by atoms with Crippen molar-refractivity contribution >= 4 is 54.1 Å². The van der Waals surface area contributed by atoms with Crippen molar-refractivity contribution in [2.75, 3.05) is 34.8 Å². The van der Waals surface area contributed by atoms with Crippen LogP contribution in [0.1, 0.15) is 47.4 Å². The summed E-state index contributed by atoms with van der Waals surface area (Å²) < 4.78 is 7.82. The lowest BCUT2D eigenvalue weighted by molar-refractivity contribution is 0.0526. The number of rotatable bonds is 8. The molecule has 4 rings (SSSR count). The number of ether oxygens (including phenoxy) is 1. The minimum absolute atomic E-state index is 0. The number of esters is 1. The van der Waals surface area contributed by atoms with E-state index in [4.69, 9.17) is 4.74 Å². The Morgan fingerprint density at radius 1 is 1.14 bits per heavy atom. The van der Waals surface area contributed by atoms with Gasteiger partial charge in [0.1, 0.15) is 5.75 Å². The molecule has 1 N–H and O–H groups in total. The average Bonchev–Trinajstić information content (AvgIpc) is 3.52. The number of benzene rings is 1. The zero-order valence-electron chi connectivity index (χ0n) is 20.8. The molecule has 0 saturated heterocycles. The molecule has 35 heavy (non-hydrogen) atoms. The molecule has 10 heteroatoms. The van der Waals surface area contributed by atoms with Gasteiger partial charge >= 0.3 is 5.97 Å². The molecule has 0 atom stereocenters. The lowest BCUT2D eigenvalue weighted by atomic mass is 9.96. The summed E-state index contributed by atoms with van der Waals surface area (Å²) in [5, 5.41) is 12.2. The summed E-state index contributed by atoms with van der Waals surface area (Å²) in [6, 6.07) is 6.19. The third-order valence-electron chi connectivity index (χ3n) is 5.77. The van der Waals surface area contributed by atoms with Gasteiger partial charge in [0, 0.05) is 59.3 Å². The van der Waals surface area contributed by atoms with Crippen LogP contribution in [0.5, 0.6) is 5.75 Å². The van der Waals surface area contributed by atoms with Gasteiger partial charge in [-0.05, 0) is 60.1 Å². The monoisotopic (exact) mass is 544 g/mol. The molecule has 3 aromatic rings. The zero-order valence-corrected chi connectivity index (χ0v) is 23.2. The van der Waals surface area contributed by atoms with Gasteiger partial charge in [0.2, 0.25) is 0 Å². The molecule has 0 radical (unpaired) electrons. The van der Waals surface area contributed by atoms with Crippen LogP contribution in [0, 0.1) is 0 Å². The van der Waals surface area contributed by atoms with E-state index in [1.54, 1.807) is 12.4 Å². The van der Waals surface area contributed by atoms with Crippen LogP contribution in [0.3, 0.4) is 0 Å². The summed E-state index contributed by atoms with van der Waals surface area (Å²) in [4.78, 5) is 21.6. The SMILES string of the molecule is CCOC(=O)c1c(CN(C)C)n(C2CC2)c2cc(-c3cccnc3)c(O)c(CN(C)C)c12.Cl.Cl.Cl. The quantitative estimate of drug-likeness (QED) is 0.387. The molecule has 0 amide bonds. The fourth-order valence-electron chi connectivity index (χ4n) is 4.43. The Morgan fingerprint density at radius 2 is 1.80 bits per heavy atom. The average molecular weight is 546 g/mol. The second-order valence-electron chi connectivity index (χ2n) is 9.01. The van der Waals surface area contributed by atoms with Crippen molar-refractivity contribution in [3.63, 3.8) is 0 Å². The predicted octanol–water partition coefficient (Wildman–Crippen LogP) is 5.31. The van der Waals surface area contributed by atoms with Crippen LogP contribution in [0.25, 0.3) is 22.0 Å². The summed E-state index contributed by atoms with van der Waals surface area (Å²) in [6.07, 6.45) is 5.65. The van der Waals surface area contributed by atoms with E-state index in [1.807, 2.05) is 58.2 Å². The van der Waals surface area contributed by atoms with Crippen molar-refractivity contribution in [1.29, 1.82) is 0 Å². The lowest BCUT2D eigenvalue weighted by Gasteiger charge is -2.17. The molecule has 2 heterocycles. The molecule has 0 aliphatic heterocycles. The van der Waals surface area contributed by atoms with Crippen molar-refractivity contribution in [2.45, 2.75) is 38.9 Å². The highest BCUT2D eigenvalue weighted by atomic mass is 35.5. The Labute approximate surface area is 225 Å². The molecule has 1 aliphatic rings. The van der Waals surface area contributed by atoms with Crippen molar-refractivity contribution < 1.29 is 14.6 Å². The largest absolute Gasteiger partial charge is 0.507 e. The number of carbonyl (C=O) groups excluding carboxylic acids is 1. The highest BCUT2D eigenvalue weighted by Crippen LogP contribution is 2.47. The first-order valence-corrected chi connectivity index (χ1v) is 11.1. The molecular weight excluding hydrogens is 511 g/mol. The molecule has 0 unspecified atom stereocenters. The van der Waals surface area contributed by atoms with Crippen LogP contribution in [-0.2, 0) is 17.8 Å². The van der Waals surface area contributed by atoms with Crippen molar-refractivity contribution in [3.05, 3.63) is 47.4 Å². The first-order chi connectivity index (χ1) is 15.3. The Bertz CT molecular complexity index is 1150. The number of phenols is 1. The standard InChI is InChI=1S/C25H32N4O3.3ClH/c1-6-32-25(31)23-21(15-28(4)5)29(17-9-10-17)20-12-18(16-8-7-11-26-13-16)24(30)19(22(20)23)14-27(2)3;;;/h7-8,11-13,17,30H,6,9-10,14-15H2,1-5H3;3*1H. The number of hydrogen-bond acceptors (Lipinski definition) is 6. The van der Waals surface area contributed by atoms with Crippen molar-refractivity contribution in [3.8, 4) is 16.9 Å². The summed E-state index contributed by atoms with van der Waals surface area (Å²) in [5.74, 6) is -0.142. The highest BCUT2D eigenvalue weighted by molar-refractivity contribution is 6.09. The Morgan fingerprint density at radius 3 is 2.31 bits per heavy atom. The molecule has 194 valence electrons.